The number of aromatic nitrogens is 5. The fourth-order valence-electron chi connectivity index (χ4n) is 8.59. The largest absolute Gasteiger partial charge is 0.456 e. The smallest absolute Gasteiger partial charge is 0.164 e. The predicted octanol–water partition coefficient (Wildman–Crippen LogP) is 13.0. The average molecular weight is 730 g/mol. The van der Waals surface area contributed by atoms with Crippen LogP contribution in [0.2, 0.25) is 0 Å². The highest BCUT2D eigenvalue weighted by atomic mass is 16.3. The van der Waals surface area contributed by atoms with Gasteiger partial charge in [-0.2, -0.15) is 0 Å². The van der Waals surface area contributed by atoms with Crippen LogP contribution in [0.15, 0.2) is 192 Å². The molecule has 4 heterocycles. The minimum absolute atomic E-state index is 0.625. The summed E-state index contributed by atoms with van der Waals surface area (Å²) < 4.78 is 11.3. The topological polar surface area (TPSA) is 61.7 Å². The number of nitrogens with zero attached hydrogens (tertiary/aromatic N) is 5. The van der Waals surface area contributed by atoms with Gasteiger partial charge in [-0.1, -0.05) is 121 Å². The molecule has 0 aliphatic heterocycles. The van der Waals surface area contributed by atoms with E-state index >= 15 is 0 Å². The maximum absolute atomic E-state index is 6.51. The molecule has 0 unspecified atom stereocenters. The summed E-state index contributed by atoms with van der Waals surface area (Å²) in [7, 11) is 0. The first kappa shape index (κ1) is 31.5. The highest BCUT2D eigenvalue weighted by Gasteiger charge is 2.23. The summed E-state index contributed by atoms with van der Waals surface area (Å²) in [5.74, 6) is 1.91. The summed E-state index contributed by atoms with van der Waals surface area (Å²) in [6, 6.07) is 65.5. The summed E-state index contributed by atoms with van der Waals surface area (Å²) in [5.41, 5.74) is 11.3. The molecule has 8 aromatic carbocycles. The lowest BCUT2D eigenvalue weighted by Crippen LogP contribution is -2.00. The second-order valence-electron chi connectivity index (χ2n) is 14.4. The van der Waals surface area contributed by atoms with Gasteiger partial charge >= 0.3 is 0 Å². The van der Waals surface area contributed by atoms with Crippen molar-refractivity contribution in [2.75, 3.05) is 0 Å². The van der Waals surface area contributed by atoms with Crippen LogP contribution in [0.4, 0.5) is 0 Å². The van der Waals surface area contributed by atoms with E-state index in [2.05, 4.69) is 124 Å². The van der Waals surface area contributed by atoms with Gasteiger partial charge in [0, 0.05) is 60.4 Å². The Morgan fingerprint density at radius 1 is 0.333 bits per heavy atom. The summed E-state index contributed by atoms with van der Waals surface area (Å²) in [4.78, 5) is 14.9. The second kappa shape index (κ2) is 12.3. The zero-order valence-electron chi connectivity index (χ0n) is 30.5. The molecular formula is C51H31N5O. The van der Waals surface area contributed by atoms with Crippen molar-refractivity contribution < 1.29 is 4.42 Å². The van der Waals surface area contributed by atoms with E-state index in [1.807, 2.05) is 72.8 Å². The molecule has 0 N–H and O–H groups in total. The Labute approximate surface area is 326 Å². The highest BCUT2D eigenvalue weighted by Crippen LogP contribution is 2.44. The summed E-state index contributed by atoms with van der Waals surface area (Å²) in [5, 5.41) is 6.92. The van der Waals surface area contributed by atoms with Crippen LogP contribution in [-0.2, 0) is 0 Å². The van der Waals surface area contributed by atoms with E-state index in [1.54, 1.807) is 0 Å². The van der Waals surface area contributed by atoms with Crippen LogP contribution < -0.4 is 0 Å². The third-order valence-electron chi connectivity index (χ3n) is 11.2. The number of furan rings is 1. The van der Waals surface area contributed by atoms with E-state index < -0.39 is 0 Å². The van der Waals surface area contributed by atoms with Crippen LogP contribution in [0.5, 0.6) is 0 Å². The van der Waals surface area contributed by atoms with Crippen molar-refractivity contribution in [1.29, 1.82) is 0 Å². The first-order valence-electron chi connectivity index (χ1n) is 19.1. The Kier molecular flexibility index (Phi) is 6.83. The van der Waals surface area contributed by atoms with Crippen molar-refractivity contribution in [3.63, 3.8) is 0 Å². The van der Waals surface area contributed by atoms with E-state index in [-0.39, 0.29) is 0 Å². The van der Waals surface area contributed by atoms with Gasteiger partial charge in [-0.25, -0.2) is 15.0 Å². The van der Waals surface area contributed by atoms with Gasteiger partial charge in [0.05, 0.1) is 22.1 Å². The third-order valence-corrected chi connectivity index (χ3v) is 11.2. The van der Waals surface area contributed by atoms with Crippen molar-refractivity contribution in [1.82, 2.24) is 24.1 Å². The molecule has 0 aliphatic rings. The monoisotopic (exact) mass is 729 g/mol. The van der Waals surface area contributed by atoms with Crippen molar-refractivity contribution in [2.45, 2.75) is 0 Å². The van der Waals surface area contributed by atoms with Crippen molar-refractivity contribution in [2.24, 2.45) is 0 Å². The van der Waals surface area contributed by atoms with Crippen LogP contribution in [0, 0.1) is 0 Å². The summed E-state index contributed by atoms with van der Waals surface area (Å²) in [6.07, 6.45) is 0. The zero-order chi connectivity index (χ0) is 37.5. The Balaban J connectivity index is 1.11. The fraction of sp³-hybridized carbons (Fsp3) is 0. The summed E-state index contributed by atoms with van der Waals surface area (Å²) >= 11 is 0. The summed E-state index contributed by atoms with van der Waals surface area (Å²) in [6.45, 7) is 0. The lowest BCUT2D eigenvalue weighted by Gasteiger charge is -2.11. The van der Waals surface area contributed by atoms with Gasteiger partial charge < -0.3 is 13.6 Å². The third kappa shape index (κ3) is 4.87. The molecule has 0 fully saturated rings. The SMILES string of the molecule is c1ccc(-c2nc(-c3ccccc3)nc(-c3ccc(-n4c5ccccc5c5ccc6c(c7cc8oc9ccccc9c8cc7n6-c6ccccc6)c54)cc3)n2)cc1. The maximum atomic E-state index is 6.51. The molecule has 0 bridgehead atoms. The molecule has 266 valence electrons. The van der Waals surface area contributed by atoms with Crippen LogP contribution in [-0.4, -0.2) is 24.1 Å². The molecule has 0 atom stereocenters. The second-order valence-corrected chi connectivity index (χ2v) is 14.4. The van der Waals surface area contributed by atoms with Crippen LogP contribution in [0.25, 0.3) is 111 Å². The molecule has 6 heteroatoms. The minimum Gasteiger partial charge on any atom is -0.456 e. The van der Waals surface area contributed by atoms with Gasteiger partial charge in [-0.05, 0) is 66.7 Å². The molecule has 0 saturated heterocycles. The molecule has 0 aliphatic carbocycles. The molecule has 0 radical (unpaired) electrons. The lowest BCUT2D eigenvalue weighted by atomic mass is 10.1. The van der Waals surface area contributed by atoms with Gasteiger partial charge in [0.1, 0.15) is 11.2 Å². The molecule has 12 rings (SSSR count). The molecule has 12 aromatic rings. The average Bonchev–Trinajstić information content (AvgIpc) is 3.93. The van der Waals surface area contributed by atoms with E-state index in [1.165, 1.54) is 16.2 Å². The van der Waals surface area contributed by atoms with Gasteiger partial charge in [0.2, 0.25) is 0 Å². The number of fused-ring (bicyclic) bond motifs is 10. The Morgan fingerprint density at radius 2 is 0.895 bits per heavy atom. The zero-order valence-corrected chi connectivity index (χ0v) is 30.5. The normalized spacial score (nSPS) is 11.9. The van der Waals surface area contributed by atoms with E-state index in [9.17, 15) is 0 Å². The molecule has 0 spiro atoms. The van der Waals surface area contributed by atoms with Crippen LogP contribution >= 0.6 is 0 Å². The first-order chi connectivity index (χ1) is 28.3. The van der Waals surface area contributed by atoms with E-state index in [0.717, 1.165) is 77.5 Å². The Bertz CT molecular complexity index is 3430. The van der Waals surface area contributed by atoms with Gasteiger partial charge in [-0.3, -0.25) is 0 Å². The van der Waals surface area contributed by atoms with Crippen LogP contribution in [0.1, 0.15) is 0 Å². The standard InChI is InChI=1S/C51H31N5O/c1-4-14-32(15-5-1)49-52-50(33-16-6-2-7-17-33)54-51(53-49)34-24-26-36(27-25-34)56-42-22-12-10-20-37(42)39-28-29-43-47(48(39)56)41-31-46-40(38-21-11-13-23-45(38)57-46)30-44(41)55(43)35-18-8-3-9-19-35/h1-31H. The van der Waals surface area contributed by atoms with Gasteiger partial charge in [0.25, 0.3) is 0 Å². The highest BCUT2D eigenvalue weighted by molar-refractivity contribution is 6.28. The number of hydrogen-bond donors (Lipinski definition) is 0. The lowest BCUT2D eigenvalue weighted by molar-refractivity contribution is 0.669. The number of rotatable bonds is 5. The Morgan fingerprint density at radius 3 is 1.58 bits per heavy atom. The van der Waals surface area contributed by atoms with Gasteiger partial charge in [-0.15, -0.1) is 0 Å². The van der Waals surface area contributed by atoms with Gasteiger partial charge in [0.15, 0.2) is 17.5 Å². The van der Waals surface area contributed by atoms with Crippen LogP contribution in [0.3, 0.4) is 0 Å². The molecule has 0 saturated carbocycles. The maximum Gasteiger partial charge on any atom is 0.164 e. The number of para-hydroxylation sites is 3. The molecule has 4 aromatic heterocycles. The quantitative estimate of drug-likeness (QED) is 0.177. The van der Waals surface area contributed by atoms with Crippen molar-refractivity contribution in [3.8, 4) is 45.5 Å². The van der Waals surface area contributed by atoms with E-state index in [0.29, 0.717) is 17.5 Å². The fourth-order valence-corrected chi connectivity index (χ4v) is 8.59. The van der Waals surface area contributed by atoms with Crippen molar-refractivity contribution in [3.05, 3.63) is 188 Å². The first-order valence-corrected chi connectivity index (χ1v) is 19.1. The molecule has 0 amide bonds. The number of hydrogen-bond acceptors (Lipinski definition) is 4. The van der Waals surface area contributed by atoms with Crippen molar-refractivity contribution >= 4 is 65.6 Å². The molecular weight excluding hydrogens is 699 g/mol. The predicted molar refractivity (Wildman–Crippen MR) is 232 cm³/mol. The molecule has 57 heavy (non-hydrogen) atoms. The molecule has 6 nitrogen and oxygen atoms in total. The number of benzene rings is 8. The Hall–Kier alpha value is -7.83. The van der Waals surface area contributed by atoms with E-state index in [4.69, 9.17) is 19.4 Å². The minimum atomic E-state index is 0.625.